The number of anilines is 3. The summed E-state index contributed by atoms with van der Waals surface area (Å²) in [6, 6.07) is 86.6. The summed E-state index contributed by atoms with van der Waals surface area (Å²) in [5.74, 6) is 0. The molecule has 11 aromatic rings. The van der Waals surface area contributed by atoms with Crippen LogP contribution in [0.3, 0.4) is 0 Å². The van der Waals surface area contributed by atoms with E-state index in [1.807, 2.05) is 6.07 Å². The van der Waals surface area contributed by atoms with Gasteiger partial charge in [0.1, 0.15) is 5.58 Å². The number of benzene rings is 10. The van der Waals surface area contributed by atoms with Crippen molar-refractivity contribution in [3.63, 3.8) is 0 Å². The summed E-state index contributed by atoms with van der Waals surface area (Å²) in [7, 11) is 0. The van der Waals surface area contributed by atoms with Crippen LogP contribution in [0.2, 0.25) is 0 Å². The zero-order chi connectivity index (χ0) is 41.5. The third-order valence-corrected chi connectivity index (χ3v) is 13.5. The standard InChI is InChI=1S/C61H39NO/c1-2-15-40(16-3-1)41-29-34-44(35-30-41)62(58-27-14-23-53-52-22-9-13-28-59(52)63-60(53)58)45-36-31-42(32-37-45)43-33-38-51-50-21-8-12-26-56(50)61(57(51)39-43)54-24-10-6-19-48(54)46-17-4-5-18-47(46)49-20-7-11-25-55(49)61/h1-39H. The SMILES string of the molecule is c1ccc(-c2ccc(N(c3ccc(-c4ccc5c(c4)C4(c6ccccc6-c6ccccc6-c6ccccc64)c4ccccc4-5)cc3)c3cccc4c3oc3ccccc34)cc2)cc1. The van der Waals surface area contributed by atoms with Crippen LogP contribution >= 0.6 is 0 Å². The normalized spacial score (nSPS) is 12.9. The van der Waals surface area contributed by atoms with Crippen molar-refractivity contribution in [2.24, 2.45) is 0 Å². The molecule has 0 N–H and O–H groups in total. The summed E-state index contributed by atoms with van der Waals surface area (Å²) >= 11 is 0. The number of rotatable bonds is 5. The van der Waals surface area contributed by atoms with E-state index in [9.17, 15) is 0 Å². The molecule has 0 atom stereocenters. The molecule has 63 heavy (non-hydrogen) atoms. The van der Waals surface area contributed by atoms with Gasteiger partial charge in [-0.05, 0) is 120 Å². The molecule has 1 aromatic heterocycles. The highest BCUT2D eigenvalue weighted by Crippen LogP contribution is 2.61. The fourth-order valence-corrected chi connectivity index (χ4v) is 10.8. The Balaban J connectivity index is 0.981. The smallest absolute Gasteiger partial charge is 0.159 e. The third-order valence-electron chi connectivity index (χ3n) is 13.5. The minimum absolute atomic E-state index is 0.526. The molecular formula is C61H39NO. The monoisotopic (exact) mass is 801 g/mol. The van der Waals surface area contributed by atoms with Crippen molar-refractivity contribution in [1.82, 2.24) is 0 Å². The Labute approximate surface area is 366 Å². The summed E-state index contributed by atoms with van der Waals surface area (Å²) in [5.41, 5.74) is 22.0. The Morgan fingerprint density at radius 2 is 0.746 bits per heavy atom. The fourth-order valence-electron chi connectivity index (χ4n) is 10.8. The molecule has 294 valence electrons. The highest BCUT2D eigenvalue weighted by molar-refractivity contribution is 6.10. The van der Waals surface area contributed by atoms with E-state index in [0.717, 1.165) is 44.6 Å². The lowest BCUT2D eigenvalue weighted by Gasteiger charge is -2.35. The molecule has 0 radical (unpaired) electrons. The molecule has 2 aliphatic rings. The van der Waals surface area contributed by atoms with Gasteiger partial charge in [-0.15, -0.1) is 0 Å². The van der Waals surface area contributed by atoms with E-state index in [0.29, 0.717) is 0 Å². The summed E-state index contributed by atoms with van der Waals surface area (Å²) in [6.07, 6.45) is 0. The van der Waals surface area contributed by atoms with E-state index in [1.165, 1.54) is 72.3 Å². The van der Waals surface area contributed by atoms with Crippen LogP contribution < -0.4 is 4.90 Å². The fraction of sp³-hybridized carbons (Fsp3) is 0.0164. The lowest BCUT2D eigenvalue weighted by molar-refractivity contribution is 0.669. The maximum Gasteiger partial charge on any atom is 0.159 e. The maximum atomic E-state index is 6.66. The first-order chi connectivity index (χ1) is 31.3. The van der Waals surface area contributed by atoms with Crippen molar-refractivity contribution in [1.29, 1.82) is 0 Å². The van der Waals surface area contributed by atoms with Gasteiger partial charge >= 0.3 is 0 Å². The van der Waals surface area contributed by atoms with Crippen molar-refractivity contribution >= 4 is 39.0 Å². The van der Waals surface area contributed by atoms with Crippen LogP contribution in [0.4, 0.5) is 17.1 Å². The van der Waals surface area contributed by atoms with E-state index < -0.39 is 5.41 Å². The van der Waals surface area contributed by atoms with Crippen molar-refractivity contribution < 1.29 is 4.42 Å². The molecule has 2 aliphatic carbocycles. The number of para-hydroxylation sites is 2. The van der Waals surface area contributed by atoms with Crippen molar-refractivity contribution in [3.8, 4) is 55.6 Å². The van der Waals surface area contributed by atoms with Gasteiger partial charge in [0.15, 0.2) is 5.58 Å². The van der Waals surface area contributed by atoms with Gasteiger partial charge in [-0.2, -0.15) is 0 Å². The molecule has 1 spiro atoms. The Morgan fingerprint density at radius 1 is 0.302 bits per heavy atom. The summed E-state index contributed by atoms with van der Waals surface area (Å²) in [6.45, 7) is 0. The van der Waals surface area contributed by atoms with E-state index in [-0.39, 0.29) is 0 Å². The molecule has 1 heterocycles. The number of fused-ring (bicyclic) bond motifs is 15. The first-order valence-electron chi connectivity index (χ1n) is 21.8. The van der Waals surface area contributed by atoms with Crippen molar-refractivity contribution in [2.45, 2.75) is 5.41 Å². The molecule has 0 unspecified atom stereocenters. The van der Waals surface area contributed by atoms with E-state index >= 15 is 0 Å². The number of nitrogens with zero attached hydrogens (tertiary/aromatic N) is 1. The molecule has 0 saturated carbocycles. The quantitative estimate of drug-likeness (QED) is 0.172. The number of hydrogen-bond acceptors (Lipinski definition) is 2. The second kappa shape index (κ2) is 13.9. The average Bonchev–Trinajstić information content (AvgIpc) is 3.85. The second-order valence-corrected chi connectivity index (χ2v) is 16.7. The Kier molecular flexibility index (Phi) is 7.85. The van der Waals surface area contributed by atoms with Gasteiger partial charge in [0.05, 0.1) is 11.1 Å². The van der Waals surface area contributed by atoms with Gasteiger partial charge in [0.2, 0.25) is 0 Å². The van der Waals surface area contributed by atoms with Gasteiger partial charge in [0.25, 0.3) is 0 Å². The van der Waals surface area contributed by atoms with Gasteiger partial charge in [0, 0.05) is 22.1 Å². The molecule has 0 amide bonds. The zero-order valence-electron chi connectivity index (χ0n) is 34.4. The summed E-state index contributed by atoms with van der Waals surface area (Å²) in [4.78, 5) is 2.33. The molecule has 13 rings (SSSR count). The summed E-state index contributed by atoms with van der Waals surface area (Å²) in [5, 5.41) is 2.21. The van der Waals surface area contributed by atoms with Crippen LogP contribution in [-0.2, 0) is 5.41 Å². The van der Waals surface area contributed by atoms with Crippen LogP contribution in [0.15, 0.2) is 241 Å². The first-order valence-corrected chi connectivity index (χ1v) is 21.8. The highest BCUT2D eigenvalue weighted by atomic mass is 16.3. The predicted octanol–water partition coefficient (Wildman–Crippen LogP) is 16.4. The molecule has 10 aromatic carbocycles. The first kappa shape index (κ1) is 35.5. The summed E-state index contributed by atoms with van der Waals surface area (Å²) < 4.78 is 6.66. The van der Waals surface area contributed by atoms with E-state index in [4.69, 9.17) is 4.42 Å². The second-order valence-electron chi connectivity index (χ2n) is 16.7. The van der Waals surface area contributed by atoms with Crippen LogP contribution in [0, 0.1) is 0 Å². The largest absolute Gasteiger partial charge is 0.454 e. The van der Waals surface area contributed by atoms with Crippen LogP contribution in [0.5, 0.6) is 0 Å². The lowest BCUT2D eigenvalue weighted by atomic mass is 9.65. The van der Waals surface area contributed by atoms with Crippen LogP contribution in [0.1, 0.15) is 22.3 Å². The molecule has 2 nitrogen and oxygen atoms in total. The van der Waals surface area contributed by atoms with Gasteiger partial charge in [-0.25, -0.2) is 0 Å². The van der Waals surface area contributed by atoms with E-state index in [2.05, 4.69) is 235 Å². The molecular weight excluding hydrogens is 763 g/mol. The number of furan rings is 1. The molecule has 0 aliphatic heterocycles. The van der Waals surface area contributed by atoms with E-state index in [1.54, 1.807) is 0 Å². The van der Waals surface area contributed by atoms with Crippen molar-refractivity contribution in [3.05, 3.63) is 259 Å². The van der Waals surface area contributed by atoms with Crippen LogP contribution in [-0.4, -0.2) is 0 Å². The molecule has 0 fully saturated rings. The molecule has 0 bridgehead atoms. The molecule has 2 heteroatoms. The minimum atomic E-state index is -0.526. The molecule has 0 saturated heterocycles. The maximum absolute atomic E-state index is 6.66. The third kappa shape index (κ3) is 5.25. The van der Waals surface area contributed by atoms with Gasteiger partial charge in [-0.3, -0.25) is 0 Å². The Hall–Kier alpha value is -8.20. The Bertz CT molecular complexity index is 3490. The van der Waals surface area contributed by atoms with Crippen molar-refractivity contribution in [2.75, 3.05) is 4.90 Å². The topological polar surface area (TPSA) is 16.4 Å². The minimum Gasteiger partial charge on any atom is -0.454 e. The van der Waals surface area contributed by atoms with Gasteiger partial charge in [-0.1, -0.05) is 194 Å². The highest BCUT2D eigenvalue weighted by Gasteiger charge is 2.49. The van der Waals surface area contributed by atoms with Crippen LogP contribution in [0.25, 0.3) is 77.6 Å². The lowest BCUT2D eigenvalue weighted by Crippen LogP contribution is -2.29. The average molecular weight is 802 g/mol. The Morgan fingerprint density at radius 3 is 1.37 bits per heavy atom. The van der Waals surface area contributed by atoms with Gasteiger partial charge < -0.3 is 9.32 Å². The number of hydrogen-bond donors (Lipinski definition) is 0. The zero-order valence-corrected chi connectivity index (χ0v) is 34.4. The predicted molar refractivity (Wildman–Crippen MR) is 261 cm³/mol.